The van der Waals surface area contributed by atoms with Crippen LogP contribution in [-0.2, 0) is 14.3 Å². The molecule has 2 rings (SSSR count). The van der Waals surface area contributed by atoms with Crippen molar-refractivity contribution in [2.45, 2.75) is 70.7 Å². The summed E-state index contributed by atoms with van der Waals surface area (Å²) in [6.07, 6.45) is 2.33. The highest BCUT2D eigenvalue weighted by Gasteiger charge is 2.43. The Morgan fingerprint density at radius 2 is 2.00 bits per heavy atom. The molecule has 7 heteroatoms. The first-order valence-corrected chi connectivity index (χ1v) is 9.21. The van der Waals surface area contributed by atoms with E-state index in [2.05, 4.69) is 5.32 Å². The number of hydrogen-bond donors (Lipinski definition) is 2. The topological polar surface area (TPSA) is 88.1 Å². The molecule has 1 saturated carbocycles. The van der Waals surface area contributed by atoms with E-state index in [1.165, 1.54) is 0 Å². The summed E-state index contributed by atoms with van der Waals surface area (Å²) < 4.78 is 10.8. The maximum absolute atomic E-state index is 12.4. The van der Waals surface area contributed by atoms with E-state index >= 15 is 0 Å². The fourth-order valence-electron chi connectivity index (χ4n) is 3.37. The number of carbonyl (C=O) groups is 2. The van der Waals surface area contributed by atoms with E-state index in [1.807, 2.05) is 27.7 Å². The predicted molar refractivity (Wildman–Crippen MR) is 93.1 cm³/mol. The lowest BCUT2D eigenvalue weighted by molar-refractivity contribution is -0.143. The Balaban J connectivity index is 1.77. The second-order valence-electron chi connectivity index (χ2n) is 8.19. The SMILES string of the molecule is CCOC1CC(O)(CNC(=O)C2CCCN(C(=O)OC(C)(C)C)C2)C1. The van der Waals surface area contributed by atoms with Crippen LogP contribution in [0.1, 0.15) is 53.4 Å². The average Bonchev–Trinajstić information content (AvgIpc) is 2.50. The number of aliphatic hydroxyl groups is 1. The summed E-state index contributed by atoms with van der Waals surface area (Å²) in [5.74, 6) is -0.367. The molecule has 1 heterocycles. The molecule has 2 amide bonds. The normalized spacial score (nSPS) is 29.7. The third-order valence-corrected chi connectivity index (χ3v) is 4.65. The van der Waals surface area contributed by atoms with E-state index in [4.69, 9.17) is 9.47 Å². The van der Waals surface area contributed by atoms with Crippen molar-refractivity contribution in [1.29, 1.82) is 0 Å². The van der Waals surface area contributed by atoms with Crippen LogP contribution in [0.3, 0.4) is 0 Å². The van der Waals surface area contributed by atoms with Gasteiger partial charge in [0.15, 0.2) is 0 Å². The Morgan fingerprint density at radius 1 is 1.32 bits per heavy atom. The minimum atomic E-state index is -0.866. The molecular weight excluding hydrogens is 324 g/mol. The number of carbonyl (C=O) groups excluding carboxylic acids is 2. The first-order valence-electron chi connectivity index (χ1n) is 9.21. The van der Waals surface area contributed by atoms with Gasteiger partial charge >= 0.3 is 6.09 Å². The van der Waals surface area contributed by atoms with Crippen LogP contribution in [0.25, 0.3) is 0 Å². The van der Waals surface area contributed by atoms with E-state index < -0.39 is 11.2 Å². The molecule has 0 aromatic rings. The van der Waals surface area contributed by atoms with Crippen LogP contribution in [0.2, 0.25) is 0 Å². The zero-order valence-electron chi connectivity index (χ0n) is 15.8. The fourth-order valence-corrected chi connectivity index (χ4v) is 3.37. The lowest BCUT2D eigenvalue weighted by Gasteiger charge is -2.43. The molecule has 0 spiro atoms. The van der Waals surface area contributed by atoms with E-state index in [1.54, 1.807) is 4.90 Å². The van der Waals surface area contributed by atoms with Crippen molar-refractivity contribution < 1.29 is 24.2 Å². The van der Waals surface area contributed by atoms with Crippen molar-refractivity contribution in [2.24, 2.45) is 5.92 Å². The molecule has 0 aromatic heterocycles. The summed E-state index contributed by atoms with van der Waals surface area (Å²) in [6, 6.07) is 0. The molecule has 1 aliphatic carbocycles. The van der Waals surface area contributed by atoms with Crippen molar-refractivity contribution in [3.63, 3.8) is 0 Å². The summed E-state index contributed by atoms with van der Waals surface area (Å²) >= 11 is 0. The Kier molecular flexibility index (Phi) is 6.32. The minimum Gasteiger partial charge on any atom is -0.444 e. The van der Waals surface area contributed by atoms with Gasteiger partial charge in [-0.05, 0) is 40.5 Å². The van der Waals surface area contributed by atoms with Crippen LogP contribution in [-0.4, -0.2) is 65.6 Å². The van der Waals surface area contributed by atoms with Crippen molar-refractivity contribution in [3.05, 3.63) is 0 Å². The molecule has 0 bridgehead atoms. The molecule has 7 nitrogen and oxygen atoms in total. The molecule has 0 radical (unpaired) electrons. The lowest BCUT2D eigenvalue weighted by atomic mass is 9.77. The molecule has 1 unspecified atom stereocenters. The summed E-state index contributed by atoms with van der Waals surface area (Å²) in [7, 11) is 0. The number of nitrogens with one attached hydrogen (secondary N) is 1. The minimum absolute atomic E-state index is 0.0873. The highest BCUT2D eigenvalue weighted by Crippen LogP contribution is 2.34. The highest BCUT2D eigenvalue weighted by molar-refractivity contribution is 5.80. The molecule has 2 N–H and O–H groups in total. The Bertz CT molecular complexity index is 482. The monoisotopic (exact) mass is 356 g/mol. The molecule has 1 atom stereocenters. The van der Waals surface area contributed by atoms with Gasteiger partial charge in [0.05, 0.1) is 17.6 Å². The van der Waals surface area contributed by atoms with E-state index in [0.29, 0.717) is 32.5 Å². The van der Waals surface area contributed by atoms with Gasteiger partial charge in [0.2, 0.25) is 5.91 Å². The van der Waals surface area contributed by atoms with Crippen molar-refractivity contribution >= 4 is 12.0 Å². The van der Waals surface area contributed by atoms with Gasteiger partial charge in [-0.3, -0.25) is 4.79 Å². The number of nitrogens with zero attached hydrogens (tertiary/aromatic N) is 1. The number of rotatable bonds is 5. The molecule has 1 saturated heterocycles. The van der Waals surface area contributed by atoms with E-state index in [-0.39, 0.29) is 30.6 Å². The van der Waals surface area contributed by atoms with Gasteiger partial charge in [-0.1, -0.05) is 0 Å². The summed E-state index contributed by atoms with van der Waals surface area (Å²) in [6.45, 7) is 9.25. The number of hydrogen-bond acceptors (Lipinski definition) is 5. The largest absolute Gasteiger partial charge is 0.444 e. The fraction of sp³-hybridized carbons (Fsp3) is 0.889. The number of piperidine rings is 1. The molecule has 1 aliphatic heterocycles. The lowest BCUT2D eigenvalue weighted by Crippen LogP contribution is -2.56. The standard InChI is InChI=1S/C18H32N2O5/c1-5-24-14-9-18(23,10-14)12-19-15(21)13-7-6-8-20(11-13)16(22)25-17(2,3)4/h13-14,23H,5-12H2,1-4H3,(H,19,21). The first-order chi connectivity index (χ1) is 11.6. The summed E-state index contributed by atoms with van der Waals surface area (Å²) in [5, 5.41) is 13.2. The van der Waals surface area contributed by atoms with Gasteiger partial charge in [-0.15, -0.1) is 0 Å². The van der Waals surface area contributed by atoms with Gasteiger partial charge in [-0.2, -0.15) is 0 Å². The van der Waals surface area contributed by atoms with Gasteiger partial charge in [0.1, 0.15) is 5.60 Å². The van der Waals surface area contributed by atoms with Crippen LogP contribution in [0, 0.1) is 5.92 Å². The summed E-state index contributed by atoms with van der Waals surface area (Å²) in [5.41, 5.74) is -1.41. The average molecular weight is 356 g/mol. The third kappa shape index (κ3) is 5.85. The summed E-state index contributed by atoms with van der Waals surface area (Å²) in [4.78, 5) is 26.2. The van der Waals surface area contributed by atoms with Crippen molar-refractivity contribution in [1.82, 2.24) is 10.2 Å². The van der Waals surface area contributed by atoms with Crippen LogP contribution >= 0.6 is 0 Å². The van der Waals surface area contributed by atoms with E-state index in [9.17, 15) is 14.7 Å². The smallest absolute Gasteiger partial charge is 0.410 e. The number of likely N-dealkylation sites (tertiary alicyclic amines) is 1. The quantitative estimate of drug-likeness (QED) is 0.782. The zero-order chi connectivity index (χ0) is 18.7. The number of amides is 2. The van der Waals surface area contributed by atoms with Gasteiger partial charge in [0, 0.05) is 39.1 Å². The molecule has 2 aliphatic rings. The molecule has 144 valence electrons. The number of ether oxygens (including phenoxy) is 2. The predicted octanol–water partition coefficient (Wildman–Crippen LogP) is 1.68. The van der Waals surface area contributed by atoms with Crippen LogP contribution in [0.15, 0.2) is 0 Å². The highest BCUT2D eigenvalue weighted by atomic mass is 16.6. The Hall–Kier alpha value is -1.34. The molecule has 0 aromatic carbocycles. The molecular formula is C18H32N2O5. The first kappa shape index (κ1) is 20.0. The van der Waals surface area contributed by atoms with Crippen molar-refractivity contribution in [3.8, 4) is 0 Å². The Labute approximate surface area is 150 Å². The van der Waals surface area contributed by atoms with Gasteiger partial charge in [-0.25, -0.2) is 4.79 Å². The van der Waals surface area contributed by atoms with Crippen LogP contribution in [0.4, 0.5) is 4.79 Å². The maximum Gasteiger partial charge on any atom is 0.410 e. The van der Waals surface area contributed by atoms with E-state index in [0.717, 1.165) is 12.8 Å². The second-order valence-corrected chi connectivity index (χ2v) is 8.19. The van der Waals surface area contributed by atoms with Crippen LogP contribution in [0.5, 0.6) is 0 Å². The third-order valence-electron chi connectivity index (χ3n) is 4.65. The zero-order valence-corrected chi connectivity index (χ0v) is 15.8. The molecule has 25 heavy (non-hydrogen) atoms. The maximum atomic E-state index is 12.4. The van der Waals surface area contributed by atoms with Crippen molar-refractivity contribution in [2.75, 3.05) is 26.2 Å². The van der Waals surface area contributed by atoms with Crippen LogP contribution < -0.4 is 5.32 Å². The molecule has 2 fully saturated rings. The van der Waals surface area contributed by atoms with Gasteiger partial charge in [0.25, 0.3) is 0 Å². The van der Waals surface area contributed by atoms with Gasteiger partial charge < -0.3 is 24.8 Å². The Morgan fingerprint density at radius 3 is 2.60 bits per heavy atom. The second kappa shape index (κ2) is 7.91.